The fraction of sp³-hybridized carbons (Fsp3) is 0.391. The van der Waals surface area contributed by atoms with Gasteiger partial charge >= 0.3 is 0 Å². The number of nitrogens with zero attached hydrogens (tertiary/aromatic N) is 2. The van der Waals surface area contributed by atoms with Gasteiger partial charge in [0.15, 0.2) is 11.6 Å². The van der Waals surface area contributed by atoms with E-state index in [1.54, 1.807) is 32.9 Å². The van der Waals surface area contributed by atoms with E-state index in [-0.39, 0.29) is 17.3 Å². The van der Waals surface area contributed by atoms with Crippen LogP contribution >= 0.6 is 23.2 Å². The van der Waals surface area contributed by atoms with Gasteiger partial charge in [0.25, 0.3) is 0 Å². The quantitative estimate of drug-likeness (QED) is 0.529. The van der Waals surface area contributed by atoms with Crippen molar-refractivity contribution in [1.29, 1.82) is 0 Å². The van der Waals surface area contributed by atoms with Crippen LogP contribution in [0.15, 0.2) is 36.4 Å². The van der Waals surface area contributed by atoms with E-state index in [1.165, 1.54) is 13.0 Å². The summed E-state index contributed by atoms with van der Waals surface area (Å²) in [4.78, 5) is 27.5. The van der Waals surface area contributed by atoms with Crippen molar-refractivity contribution < 1.29 is 26.8 Å². The summed E-state index contributed by atoms with van der Waals surface area (Å²) in [5, 5.41) is 3.40. The molecule has 0 saturated carbocycles. The molecule has 0 heterocycles. The number of hydrogen-bond donors (Lipinski definition) is 1. The molecule has 7 nitrogen and oxygen atoms in total. The van der Waals surface area contributed by atoms with Crippen LogP contribution in [0.1, 0.15) is 33.3 Å². The molecule has 0 aliphatic heterocycles. The van der Waals surface area contributed by atoms with Crippen LogP contribution in [-0.4, -0.2) is 49.5 Å². The SMILES string of the molecule is CC(C(=O)NC(C)(C)C)N(Cc1ccc(Cl)cc1Cl)C(=O)CN(c1ccc(F)c(F)c1)S(C)(=O)=O. The monoisotopic (exact) mass is 549 g/mol. The lowest BCUT2D eigenvalue weighted by atomic mass is 10.1. The molecule has 0 aliphatic rings. The van der Waals surface area contributed by atoms with Crippen molar-refractivity contribution in [2.24, 2.45) is 0 Å². The van der Waals surface area contributed by atoms with Crippen molar-refractivity contribution in [3.05, 3.63) is 63.6 Å². The van der Waals surface area contributed by atoms with Crippen molar-refractivity contribution in [3.8, 4) is 0 Å². The van der Waals surface area contributed by atoms with Crippen molar-refractivity contribution >= 4 is 50.7 Å². The number of rotatable bonds is 8. The normalized spacial score (nSPS) is 12.7. The molecule has 1 unspecified atom stereocenters. The highest BCUT2D eigenvalue weighted by Crippen LogP contribution is 2.25. The van der Waals surface area contributed by atoms with E-state index in [9.17, 15) is 26.8 Å². The molecule has 0 fully saturated rings. The Bertz CT molecular complexity index is 1220. The van der Waals surface area contributed by atoms with Gasteiger partial charge in [0.2, 0.25) is 21.8 Å². The molecule has 2 amide bonds. The number of sulfonamides is 1. The first-order valence-electron chi connectivity index (χ1n) is 10.5. The summed E-state index contributed by atoms with van der Waals surface area (Å²) in [6, 6.07) is 6.09. The number of carbonyl (C=O) groups is 2. The summed E-state index contributed by atoms with van der Waals surface area (Å²) in [6.07, 6.45) is 0.831. The predicted molar refractivity (Wildman–Crippen MR) is 133 cm³/mol. The van der Waals surface area contributed by atoms with E-state index in [4.69, 9.17) is 23.2 Å². The second-order valence-electron chi connectivity index (χ2n) is 9.04. The standard InChI is InChI=1S/C23H27Cl2F2N3O4S/c1-14(22(32)28-23(2,3)4)29(12-15-6-7-16(24)10-18(15)25)21(31)13-30(35(5,33)34)17-8-9-19(26)20(27)11-17/h6-11,14H,12-13H2,1-5H3,(H,28,32). The number of halogens is 4. The molecule has 2 aromatic carbocycles. The third-order valence-electron chi connectivity index (χ3n) is 4.89. The van der Waals surface area contributed by atoms with Crippen LogP contribution in [0.4, 0.5) is 14.5 Å². The first kappa shape index (κ1) is 28.8. The molecule has 0 aliphatic carbocycles. The maximum absolute atomic E-state index is 13.8. The van der Waals surface area contributed by atoms with Crippen LogP contribution < -0.4 is 9.62 Å². The van der Waals surface area contributed by atoms with Gasteiger partial charge in [-0.05, 0) is 57.5 Å². The Hall–Kier alpha value is -2.43. The molecule has 0 radical (unpaired) electrons. The van der Waals surface area contributed by atoms with Crippen molar-refractivity contribution in [2.75, 3.05) is 17.1 Å². The molecule has 2 rings (SSSR count). The molecule has 0 bridgehead atoms. The summed E-state index contributed by atoms with van der Waals surface area (Å²) in [7, 11) is -4.08. The first-order chi connectivity index (χ1) is 16.0. The molecule has 1 N–H and O–H groups in total. The van der Waals surface area contributed by atoms with E-state index in [0.717, 1.165) is 23.3 Å². The number of amides is 2. The maximum Gasteiger partial charge on any atom is 0.244 e. The topological polar surface area (TPSA) is 86.8 Å². The molecule has 192 valence electrons. The van der Waals surface area contributed by atoms with E-state index >= 15 is 0 Å². The Labute approximate surface area is 214 Å². The van der Waals surface area contributed by atoms with E-state index in [2.05, 4.69) is 5.32 Å². The molecule has 0 spiro atoms. The average Bonchev–Trinajstić information content (AvgIpc) is 2.71. The van der Waals surface area contributed by atoms with Crippen LogP contribution in [0.3, 0.4) is 0 Å². The Kier molecular flexibility index (Phi) is 9.13. The van der Waals surface area contributed by atoms with E-state index in [1.807, 2.05) is 0 Å². The maximum atomic E-state index is 13.8. The Morgan fingerprint density at radius 2 is 1.69 bits per heavy atom. The van der Waals surface area contributed by atoms with Crippen LogP contribution in [0.5, 0.6) is 0 Å². The largest absolute Gasteiger partial charge is 0.350 e. The smallest absolute Gasteiger partial charge is 0.244 e. The fourth-order valence-electron chi connectivity index (χ4n) is 3.14. The number of hydrogen-bond acceptors (Lipinski definition) is 4. The third-order valence-corrected chi connectivity index (χ3v) is 6.62. The van der Waals surface area contributed by atoms with Crippen molar-refractivity contribution in [3.63, 3.8) is 0 Å². The molecule has 1 atom stereocenters. The van der Waals surface area contributed by atoms with E-state index in [0.29, 0.717) is 21.0 Å². The van der Waals surface area contributed by atoms with Gasteiger partial charge < -0.3 is 10.2 Å². The average molecular weight is 550 g/mol. The van der Waals surface area contributed by atoms with Gasteiger partial charge in [-0.25, -0.2) is 17.2 Å². The molecular formula is C23H27Cl2F2N3O4S. The summed E-state index contributed by atoms with van der Waals surface area (Å²) in [5.41, 5.74) is -0.364. The van der Waals surface area contributed by atoms with E-state index < -0.39 is 51.6 Å². The molecule has 12 heteroatoms. The van der Waals surface area contributed by atoms with Crippen molar-refractivity contribution in [2.45, 2.75) is 45.8 Å². The summed E-state index contributed by atoms with van der Waals surface area (Å²) >= 11 is 12.2. The minimum Gasteiger partial charge on any atom is -0.350 e. The highest BCUT2D eigenvalue weighted by atomic mass is 35.5. The van der Waals surface area contributed by atoms with Gasteiger partial charge in [0, 0.05) is 28.2 Å². The van der Waals surface area contributed by atoms with Gasteiger partial charge in [0.05, 0.1) is 11.9 Å². The fourth-order valence-corrected chi connectivity index (χ4v) is 4.45. The highest BCUT2D eigenvalue weighted by molar-refractivity contribution is 7.92. The van der Waals surface area contributed by atoms with Crippen LogP contribution in [-0.2, 0) is 26.2 Å². The Morgan fingerprint density at radius 1 is 1.06 bits per heavy atom. The molecule has 0 saturated heterocycles. The summed E-state index contributed by atoms with van der Waals surface area (Å²) in [6.45, 7) is 5.91. The lowest BCUT2D eigenvalue weighted by Gasteiger charge is -2.33. The predicted octanol–water partition coefficient (Wildman–Crippen LogP) is 4.37. The van der Waals surface area contributed by atoms with Crippen molar-refractivity contribution in [1.82, 2.24) is 10.2 Å². The van der Waals surface area contributed by atoms with Gasteiger partial charge in [-0.15, -0.1) is 0 Å². The number of anilines is 1. The van der Waals surface area contributed by atoms with Gasteiger partial charge in [-0.3, -0.25) is 13.9 Å². The Balaban J connectivity index is 2.46. The lowest BCUT2D eigenvalue weighted by Crippen LogP contribution is -2.54. The number of nitrogens with one attached hydrogen (secondary N) is 1. The minimum absolute atomic E-state index is 0.136. The third kappa shape index (κ3) is 8.05. The van der Waals surface area contributed by atoms with Crippen LogP contribution in [0.2, 0.25) is 10.0 Å². The van der Waals surface area contributed by atoms with Gasteiger partial charge in [0.1, 0.15) is 12.6 Å². The first-order valence-corrected chi connectivity index (χ1v) is 13.1. The second kappa shape index (κ2) is 11.1. The summed E-state index contributed by atoms with van der Waals surface area (Å²) < 4.78 is 52.8. The molecule has 35 heavy (non-hydrogen) atoms. The van der Waals surface area contributed by atoms with Crippen LogP contribution in [0.25, 0.3) is 0 Å². The zero-order valence-corrected chi connectivity index (χ0v) is 22.2. The minimum atomic E-state index is -4.08. The summed E-state index contributed by atoms with van der Waals surface area (Å²) in [5.74, 6) is -3.68. The Morgan fingerprint density at radius 3 is 2.20 bits per heavy atom. The van der Waals surface area contributed by atoms with Gasteiger partial charge in [-0.2, -0.15) is 0 Å². The highest BCUT2D eigenvalue weighted by Gasteiger charge is 2.32. The zero-order chi connectivity index (χ0) is 26.7. The van der Waals surface area contributed by atoms with Crippen LogP contribution in [0, 0.1) is 11.6 Å². The number of benzene rings is 2. The lowest BCUT2D eigenvalue weighted by molar-refractivity contribution is -0.140. The second-order valence-corrected chi connectivity index (χ2v) is 11.8. The molecule has 0 aromatic heterocycles. The molecule has 2 aromatic rings. The van der Waals surface area contributed by atoms with Gasteiger partial charge in [-0.1, -0.05) is 29.3 Å². The number of carbonyl (C=O) groups excluding carboxylic acids is 2. The molecular weight excluding hydrogens is 523 g/mol. The zero-order valence-electron chi connectivity index (χ0n) is 19.9.